The molecule has 2 atom stereocenters. The first-order valence-electron chi connectivity index (χ1n) is 14.1. The fourth-order valence-electron chi connectivity index (χ4n) is 6.68. The molecule has 2 aliphatic rings. The Labute approximate surface area is 224 Å². The van der Waals surface area contributed by atoms with Crippen LogP contribution < -0.4 is 4.74 Å². The zero-order valence-corrected chi connectivity index (χ0v) is 22.3. The molecule has 1 saturated carbocycles. The van der Waals surface area contributed by atoms with Crippen LogP contribution in [0.1, 0.15) is 94.8 Å². The smallest absolute Gasteiger partial charge is 0.178 e. The average Bonchev–Trinajstić information content (AvgIpc) is 3.41. The van der Waals surface area contributed by atoms with Crippen LogP contribution in [0.2, 0.25) is 0 Å². The first kappa shape index (κ1) is 24.7. The number of Topliss-reactive ketones (excluding diaryl/α,β-unsaturated/α-hetero) is 2. The van der Waals surface area contributed by atoms with Crippen molar-refractivity contribution in [1.29, 1.82) is 0 Å². The van der Waals surface area contributed by atoms with E-state index < -0.39 is 5.92 Å². The standard InChI is InChI=1S/C34H35NO3/c1-3-30(24-12-8-5-9-13-24)35-20-22(2)27-16-14-25(18-31(27)35)32-33(36)28-17-15-26(19-29(28)34(32)37)38-21-23-10-6-4-7-11-23/h4,6-7,10-11,14-20,24,30,32H,3,5,8-9,12-13,21H2,1-2H3. The van der Waals surface area contributed by atoms with E-state index in [1.165, 1.54) is 43.1 Å². The monoisotopic (exact) mass is 505 g/mol. The minimum atomic E-state index is -0.794. The van der Waals surface area contributed by atoms with E-state index >= 15 is 0 Å². The largest absolute Gasteiger partial charge is 0.489 e. The normalized spacial score (nSPS) is 18.6. The number of aromatic nitrogens is 1. The fraction of sp³-hybridized carbons (Fsp3) is 0.353. The molecule has 6 rings (SSSR count). The van der Waals surface area contributed by atoms with E-state index in [9.17, 15) is 9.59 Å². The summed E-state index contributed by atoms with van der Waals surface area (Å²) in [5, 5.41) is 1.20. The molecule has 1 aromatic heterocycles. The first-order valence-corrected chi connectivity index (χ1v) is 14.1. The minimum Gasteiger partial charge on any atom is -0.489 e. The molecule has 4 aromatic rings. The van der Waals surface area contributed by atoms with Crippen LogP contribution in [0, 0.1) is 12.8 Å². The third-order valence-electron chi connectivity index (χ3n) is 8.66. The van der Waals surface area contributed by atoms with E-state index in [4.69, 9.17) is 4.74 Å². The zero-order valence-electron chi connectivity index (χ0n) is 22.3. The third-order valence-corrected chi connectivity index (χ3v) is 8.66. The molecule has 1 heterocycles. The second-order valence-electron chi connectivity index (χ2n) is 11.0. The highest BCUT2D eigenvalue weighted by atomic mass is 16.5. The molecule has 2 aliphatic carbocycles. The summed E-state index contributed by atoms with van der Waals surface area (Å²) >= 11 is 0. The number of rotatable bonds is 7. The van der Waals surface area contributed by atoms with E-state index in [1.807, 2.05) is 36.4 Å². The van der Waals surface area contributed by atoms with Gasteiger partial charge in [0.05, 0.1) is 0 Å². The van der Waals surface area contributed by atoms with Crippen molar-refractivity contribution in [3.05, 3.63) is 101 Å². The highest BCUT2D eigenvalue weighted by molar-refractivity contribution is 6.30. The van der Waals surface area contributed by atoms with Crippen LogP contribution in [0.25, 0.3) is 10.9 Å². The number of carbonyl (C=O) groups is 2. The number of benzene rings is 3. The van der Waals surface area contributed by atoms with Crippen molar-refractivity contribution in [1.82, 2.24) is 4.57 Å². The molecule has 38 heavy (non-hydrogen) atoms. The Morgan fingerprint density at radius 3 is 2.42 bits per heavy atom. The van der Waals surface area contributed by atoms with Gasteiger partial charge >= 0.3 is 0 Å². The van der Waals surface area contributed by atoms with E-state index in [0.717, 1.165) is 23.1 Å². The van der Waals surface area contributed by atoms with Crippen molar-refractivity contribution in [2.75, 3.05) is 0 Å². The van der Waals surface area contributed by atoms with E-state index in [2.05, 4.69) is 36.7 Å². The van der Waals surface area contributed by atoms with Crippen LogP contribution in [0.5, 0.6) is 5.75 Å². The number of aryl methyl sites for hydroxylation is 1. The zero-order chi connectivity index (χ0) is 26.2. The van der Waals surface area contributed by atoms with Crippen LogP contribution in [0.15, 0.2) is 72.9 Å². The molecule has 2 unspecified atom stereocenters. The third kappa shape index (κ3) is 4.36. The van der Waals surface area contributed by atoms with Gasteiger partial charge in [-0.3, -0.25) is 9.59 Å². The number of fused-ring (bicyclic) bond motifs is 2. The predicted molar refractivity (Wildman–Crippen MR) is 151 cm³/mol. The SMILES string of the molecule is CCC(C1CCCCC1)n1cc(C)c2ccc(C3C(=O)c4ccc(OCc5ccccc5)cc4C3=O)cc21. The maximum atomic E-state index is 13.6. The van der Waals surface area contributed by atoms with Gasteiger partial charge in [-0.15, -0.1) is 0 Å². The lowest BCUT2D eigenvalue weighted by molar-refractivity contribution is 0.0890. The summed E-state index contributed by atoms with van der Waals surface area (Å²) in [5.41, 5.74) is 5.18. The molecule has 0 N–H and O–H groups in total. The van der Waals surface area contributed by atoms with Crippen LogP contribution in [0.4, 0.5) is 0 Å². The lowest BCUT2D eigenvalue weighted by Gasteiger charge is -2.31. The number of nitrogens with zero attached hydrogens (tertiary/aromatic N) is 1. The highest BCUT2D eigenvalue weighted by Crippen LogP contribution is 2.40. The van der Waals surface area contributed by atoms with Gasteiger partial charge in [0.25, 0.3) is 0 Å². The quantitative estimate of drug-likeness (QED) is 0.238. The van der Waals surface area contributed by atoms with Gasteiger partial charge in [-0.1, -0.05) is 68.7 Å². The van der Waals surface area contributed by atoms with Gasteiger partial charge in [0.1, 0.15) is 18.3 Å². The van der Waals surface area contributed by atoms with Gasteiger partial charge < -0.3 is 9.30 Å². The molecule has 4 heteroatoms. The van der Waals surface area contributed by atoms with E-state index in [0.29, 0.717) is 35.4 Å². The van der Waals surface area contributed by atoms with Gasteiger partial charge in [0.2, 0.25) is 0 Å². The number of ether oxygens (including phenoxy) is 1. The van der Waals surface area contributed by atoms with Crippen molar-refractivity contribution in [2.24, 2.45) is 5.92 Å². The molecular formula is C34H35NO3. The molecule has 194 valence electrons. The van der Waals surface area contributed by atoms with Crippen molar-refractivity contribution in [3.8, 4) is 5.75 Å². The fourth-order valence-corrected chi connectivity index (χ4v) is 6.68. The Morgan fingerprint density at radius 2 is 1.66 bits per heavy atom. The second kappa shape index (κ2) is 10.2. The predicted octanol–water partition coefficient (Wildman–Crippen LogP) is 8.22. The van der Waals surface area contributed by atoms with E-state index in [1.54, 1.807) is 18.2 Å². The minimum absolute atomic E-state index is 0.117. The Kier molecular flexibility index (Phi) is 6.65. The molecule has 0 saturated heterocycles. The van der Waals surface area contributed by atoms with Crippen LogP contribution in [0.3, 0.4) is 0 Å². The maximum absolute atomic E-state index is 13.6. The molecule has 0 amide bonds. The number of hydrogen-bond acceptors (Lipinski definition) is 3. The molecular weight excluding hydrogens is 470 g/mol. The van der Waals surface area contributed by atoms with Crippen molar-refractivity contribution >= 4 is 22.5 Å². The summed E-state index contributed by atoms with van der Waals surface area (Å²) in [6, 6.07) is 21.8. The van der Waals surface area contributed by atoms with Crippen LogP contribution in [-0.2, 0) is 6.61 Å². The second-order valence-corrected chi connectivity index (χ2v) is 11.0. The van der Waals surface area contributed by atoms with Crippen molar-refractivity contribution < 1.29 is 14.3 Å². The maximum Gasteiger partial charge on any atom is 0.178 e. The number of carbonyl (C=O) groups excluding carboxylic acids is 2. The molecule has 0 spiro atoms. The summed E-state index contributed by atoms with van der Waals surface area (Å²) in [6.07, 6.45) is 9.88. The molecule has 0 radical (unpaired) electrons. The Balaban J connectivity index is 1.31. The highest BCUT2D eigenvalue weighted by Gasteiger charge is 2.40. The lowest BCUT2D eigenvalue weighted by Crippen LogP contribution is -2.21. The topological polar surface area (TPSA) is 48.3 Å². The molecule has 0 bridgehead atoms. The van der Waals surface area contributed by atoms with Crippen molar-refractivity contribution in [3.63, 3.8) is 0 Å². The first-order chi connectivity index (χ1) is 18.5. The molecule has 4 nitrogen and oxygen atoms in total. The molecule has 1 fully saturated rings. The summed E-state index contributed by atoms with van der Waals surface area (Å²) in [5.74, 6) is 0.238. The summed E-state index contributed by atoms with van der Waals surface area (Å²) in [4.78, 5) is 27.1. The molecule has 0 aliphatic heterocycles. The van der Waals surface area contributed by atoms with E-state index in [-0.39, 0.29) is 11.6 Å². The van der Waals surface area contributed by atoms with Gasteiger partial charge in [-0.25, -0.2) is 0 Å². The van der Waals surface area contributed by atoms with Crippen molar-refractivity contribution in [2.45, 2.75) is 70.9 Å². The summed E-state index contributed by atoms with van der Waals surface area (Å²) in [6.45, 7) is 4.85. The average molecular weight is 506 g/mol. The van der Waals surface area contributed by atoms with Gasteiger partial charge in [0, 0.05) is 34.3 Å². The van der Waals surface area contributed by atoms with Gasteiger partial charge in [0.15, 0.2) is 11.6 Å². The van der Waals surface area contributed by atoms with Gasteiger partial charge in [-0.05, 0) is 73.1 Å². The molecule has 3 aromatic carbocycles. The van der Waals surface area contributed by atoms with Crippen LogP contribution >= 0.6 is 0 Å². The Hall–Kier alpha value is -3.66. The number of hydrogen-bond donors (Lipinski definition) is 0. The summed E-state index contributed by atoms with van der Waals surface area (Å²) in [7, 11) is 0. The lowest BCUT2D eigenvalue weighted by atomic mass is 9.82. The van der Waals surface area contributed by atoms with Crippen LogP contribution in [-0.4, -0.2) is 16.1 Å². The van der Waals surface area contributed by atoms with Gasteiger partial charge in [-0.2, -0.15) is 0 Å². The summed E-state index contributed by atoms with van der Waals surface area (Å²) < 4.78 is 8.39. The number of ketones is 2. The Morgan fingerprint density at radius 1 is 0.895 bits per heavy atom. The Bertz CT molecular complexity index is 1490.